The van der Waals surface area contributed by atoms with Crippen LogP contribution in [0.15, 0.2) is 42.9 Å². The van der Waals surface area contributed by atoms with Gasteiger partial charge in [0.1, 0.15) is 11.5 Å². The van der Waals surface area contributed by atoms with E-state index in [2.05, 4.69) is 9.97 Å². The van der Waals surface area contributed by atoms with Gasteiger partial charge in [0.15, 0.2) is 0 Å². The van der Waals surface area contributed by atoms with Crippen molar-refractivity contribution in [1.29, 1.82) is 0 Å². The normalized spacial score (nSPS) is 12.1. The molecule has 4 heteroatoms. The third-order valence-electron chi connectivity index (χ3n) is 2.06. The second-order valence-electron chi connectivity index (χ2n) is 3.39. The van der Waals surface area contributed by atoms with Crippen molar-refractivity contribution >= 4 is 0 Å². The quantitative estimate of drug-likeness (QED) is 0.855. The third-order valence-corrected chi connectivity index (χ3v) is 2.06. The van der Waals surface area contributed by atoms with Gasteiger partial charge in [-0.3, -0.25) is 9.97 Å². The van der Waals surface area contributed by atoms with E-state index in [9.17, 15) is 5.11 Å². The smallest absolute Gasteiger partial charge is 0.145 e. The number of aromatic nitrogens is 2. The van der Waals surface area contributed by atoms with Gasteiger partial charge < -0.3 is 9.84 Å². The standard InChI is InChI=1S/C12H12N2O2/c1-9(15)12-5-4-11(8-14-12)16-10-3-2-6-13-7-10/h2-9,15H,1H3/t9-/m1/s1. The van der Waals surface area contributed by atoms with Crippen LogP contribution in [0.5, 0.6) is 11.5 Å². The van der Waals surface area contributed by atoms with E-state index < -0.39 is 6.10 Å². The van der Waals surface area contributed by atoms with Crippen molar-refractivity contribution in [2.75, 3.05) is 0 Å². The molecule has 2 rings (SSSR count). The van der Waals surface area contributed by atoms with Gasteiger partial charge in [-0.2, -0.15) is 0 Å². The highest BCUT2D eigenvalue weighted by Crippen LogP contribution is 2.20. The molecule has 4 nitrogen and oxygen atoms in total. The summed E-state index contributed by atoms with van der Waals surface area (Å²) < 4.78 is 5.51. The molecule has 0 fully saturated rings. The molecular weight excluding hydrogens is 204 g/mol. The second-order valence-corrected chi connectivity index (χ2v) is 3.39. The highest BCUT2D eigenvalue weighted by Gasteiger charge is 2.02. The molecule has 1 N–H and O–H groups in total. The summed E-state index contributed by atoms with van der Waals surface area (Å²) >= 11 is 0. The zero-order chi connectivity index (χ0) is 11.4. The predicted octanol–water partition coefficient (Wildman–Crippen LogP) is 2.32. The lowest BCUT2D eigenvalue weighted by atomic mass is 10.2. The SMILES string of the molecule is C[C@@H](O)c1ccc(Oc2cccnc2)cn1. The van der Waals surface area contributed by atoms with E-state index in [1.807, 2.05) is 6.07 Å². The lowest BCUT2D eigenvalue weighted by Crippen LogP contribution is -1.95. The van der Waals surface area contributed by atoms with Gasteiger partial charge in [-0.1, -0.05) is 0 Å². The van der Waals surface area contributed by atoms with Crippen molar-refractivity contribution in [1.82, 2.24) is 9.97 Å². The summed E-state index contributed by atoms with van der Waals surface area (Å²) in [7, 11) is 0. The topological polar surface area (TPSA) is 55.2 Å². The molecule has 82 valence electrons. The highest BCUT2D eigenvalue weighted by atomic mass is 16.5. The fourth-order valence-electron chi connectivity index (χ4n) is 1.24. The van der Waals surface area contributed by atoms with E-state index in [0.29, 0.717) is 17.2 Å². The second kappa shape index (κ2) is 4.72. The Morgan fingerprint density at radius 3 is 2.56 bits per heavy atom. The molecule has 0 spiro atoms. The maximum Gasteiger partial charge on any atom is 0.145 e. The van der Waals surface area contributed by atoms with Gasteiger partial charge in [-0.15, -0.1) is 0 Å². The van der Waals surface area contributed by atoms with Gasteiger partial charge >= 0.3 is 0 Å². The van der Waals surface area contributed by atoms with Crippen LogP contribution in [0, 0.1) is 0 Å². The Labute approximate surface area is 93.6 Å². The largest absolute Gasteiger partial charge is 0.454 e. The monoisotopic (exact) mass is 216 g/mol. The number of pyridine rings is 2. The Balaban J connectivity index is 2.11. The summed E-state index contributed by atoms with van der Waals surface area (Å²) in [5.41, 5.74) is 0.624. The van der Waals surface area contributed by atoms with Crippen LogP contribution in [0.4, 0.5) is 0 Å². The van der Waals surface area contributed by atoms with E-state index in [1.54, 1.807) is 43.7 Å². The molecule has 0 bridgehead atoms. The van der Waals surface area contributed by atoms with Crippen molar-refractivity contribution in [3.8, 4) is 11.5 Å². The number of aliphatic hydroxyl groups is 1. The molecule has 0 unspecified atom stereocenters. The Morgan fingerprint density at radius 2 is 2.00 bits per heavy atom. The van der Waals surface area contributed by atoms with E-state index in [4.69, 9.17) is 4.74 Å². The van der Waals surface area contributed by atoms with Crippen LogP contribution in [0.3, 0.4) is 0 Å². The van der Waals surface area contributed by atoms with Crippen molar-refractivity contribution in [2.45, 2.75) is 13.0 Å². The van der Waals surface area contributed by atoms with Crippen LogP contribution < -0.4 is 4.74 Å². The average Bonchev–Trinajstić information content (AvgIpc) is 2.31. The molecule has 0 saturated carbocycles. The maximum atomic E-state index is 9.29. The minimum atomic E-state index is -0.563. The Hall–Kier alpha value is -1.94. The van der Waals surface area contributed by atoms with Crippen molar-refractivity contribution in [3.63, 3.8) is 0 Å². The summed E-state index contributed by atoms with van der Waals surface area (Å²) in [5, 5.41) is 9.29. The number of nitrogens with zero attached hydrogens (tertiary/aromatic N) is 2. The van der Waals surface area contributed by atoms with Gasteiger partial charge in [0.2, 0.25) is 0 Å². The molecule has 0 amide bonds. The molecule has 0 radical (unpaired) electrons. The zero-order valence-corrected chi connectivity index (χ0v) is 8.87. The Bertz CT molecular complexity index is 440. The fourth-order valence-corrected chi connectivity index (χ4v) is 1.24. The molecule has 16 heavy (non-hydrogen) atoms. The first kappa shape index (κ1) is 10.6. The highest BCUT2D eigenvalue weighted by molar-refractivity contribution is 5.27. The first-order valence-electron chi connectivity index (χ1n) is 4.97. The molecule has 2 heterocycles. The first-order chi connectivity index (χ1) is 7.75. The first-order valence-corrected chi connectivity index (χ1v) is 4.97. The third kappa shape index (κ3) is 2.55. The summed E-state index contributed by atoms with van der Waals surface area (Å²) in [6.45, 7) is 1.67. The Kier molecular flexibility index (Phi) is 3.12. The fraction of sp³-hybridized carbons (Fsp3) is 0.167. The summed E-state index contributed by atoms with van der Waals surface area (Å²) in [5.74, 6) is 1.28. The molecule has 1 atom stereocenters. The number of hydrogen-bond acceptors (Lipinski definition) is 4. The van der Waals surface area contributed by atoms with Crippen LogP contribution in [-0.4, -0.2) is 15.1 Å². The number of aliphatic hydroxyl groups excluding tert-OH is 1. The molecule has 0 saturated heterocycles. The van der Waals surface area contributed by atoms with Gasteiger partial charge in [-0.25, -0.2) is 0 Å². The number of rotatable bonds is 3. The van der Waals surface area contributed by atoms with E-state index in [-0.39, 0.29) is 0 Å². The van der Waals surface area contributed by atoms with Gasteiger partial charge in [-0.05, 0) is 31.2 Å². The van der Waals surface area contributed by atoms with Crippen molar-refractivity contribution in [3.05, 3.63) is 48.5 Å². The van der Waals surface area contributed by atoms with Crippen LogP contribution in [-0.2, 0) is 0 Å². The van der Waals surface area contributed by atoms with Crippen LogP contribution in [0.2, 0.25) is 0 Å². The van der Waals surface area contributed by atoms with Crippen LogP contribution in [0.25, 0.3) is 0 Å². The molecule has 0 aliphatic heterocycles. The predicted molar refractivity (Wildman–Crippen MR) is 59.2 cm³/mol. The van der Waals surface area contributed by atoms with Crippen molar-refractivity contribution < 1.29 is 9.84 Å². The molecule has 0 aromatic carbocycles. The van der Waals surface area contributed by atoms with E-state index >= 15 is 0 Å². The minimum Gasteiger partial charge on any atom is -0.454 e. The number of hydrogen-bond donors (Lipinski definition) is 1. The average molecular weight is 216 g/mol. The molecule has 0 aliphatic rings. The minimum absolute atomic E-state index is 0.563. The van der Waals surface area contributed by atoms with Gasteiger partial charge in [0.25, 0.3) is 0 Å². The van der Waals surface area contributed by atoms with Crippen LogP contribution in [0.1, 0.15) is 18.7 Å². The summed E-state index contributed by atoms with van der Waals surface area (Å²) in [6.07, 6.45) is 4.33. The lowest BCUT2D eigenvalue weighted by molar-refractivity contribution is 0.194. The molecule has 0 aliphatic carbocycles. The van der Waals surface area contributed by atoms with Gasteiger partial charge in [0, 0.05) is 6.20 Å². The lowest BCUT2D eigenvalue weighted by Gasteiger charge is -2.06. The summed E-state index contributed by atoms with van der Waals surface area (Å²) in [4.78, 5) is 8.02. The molecule has 2 aromatic heterocycles. The van der Waals surface area contributed by atoms with Crippen molar-refractivity contribution in [2.24, 2.45) is 0 Å². The summed E-state index contributed by atoms with van der Waals surface area (Å²) in [6, 6.07) is 7.11. The van der Waals surface area contributed by atoms with Crippen LogP contribution >= 0.6 is 0 Å². The zero-order valence-electron chi connectivity index (χ0n) is 8.87. The maximum absolute atomic E-state index is 9.29. The Morgan fingerprint density at radius 1 is 1.19 bits per heavy atom. The number of ether oxygens (including phenoxy) is 1. The molecule has 2 aromatic rings. The van der Waals surface area contributed by atoms with E-state index in [1.165, 1.54) is 0 Å². The van der Waals surface area contributed by atoms with Gasteiger partial charge in [0.05, 0.1) is 24.2 Å². The molecular formula is C12H12N2O2. The van der Waals surface area contributed by atoms with E-state index in [0.717, 1.165) is 0 Å².